The molecule has 0 bridgehead atoms. The van der Waals surface area contributed by atoms with Crippen molar-refractivity contribution in [3.8, 4) is 11.5 Å². The number of benzene rings is 1. The highest BCUT2D eigenvalue weighted by Gasteiger charge is 2.23. The lowest BCUT2D eigenvalue weighted by molar-refractivity contribution is -0.120. The van der Waals surface area contributed by atoms with Gasteiger partial charge in [-0.1, -0.05) is 16.8 Å². The molecule has 3 rings (SSSR count). The van der Waals surface area contributed by atoms with Crippen molar-refractivity contribution < 1.29 is 14.1 Å². The Morgan fingerprint density at radius 3 is 3.00 bits per heavy atom. The molecule has 1 aromatic carbocycles. The molecule has 1 saturated heterocycles. The Hall–Kier alpha value is -2.41. The minimum Gasteiger partial charge on any atom is -0.359 e. The zero-order chi connectivity index (χ0) is 16.4. The molecule has 0 unspecified atom stereocenters. The van der Waals surface area contributed by atoms with Crippen molar-refractivity contribution in [3.05, 3.63) is 29.0 Å². The van der Waals surface area contributed by atoms with Gasteiger partial charge in [-0.05, 0) is 24.6 Å². The Morgan fingerprint density at radius 2 is 2.30 bits per heavy atom. The number of carbonyl (C=O) groups is 2. The fourth-order valence-corrected chi connectivity index (χ4v) is 2.63. The number of carbonyl (C=O) groups excluding carboxylic acids is 2. The van der Waals surface area contributed by atoms with Crippen LogP contribution in [-0.4, -0.2) is 35.5 Å². The normalized spacial score (nSPS) is 14.3. The molecule has 0 atom stereocenters. The molecular formula is C15H15ClN4O3. The van der Waals surface area contributed by atoms with E-state index >= 15 is 0 Å². The summed E-state index contributed by atoms with van der Waals surface area (Å²) < 4.78 is 5.19. The number of rotatable bonds is 4. The summed E-state index contributed by atoms with van der Waals surface area (Å²) in [5, 5.41) is 6.71. The first-order valence-corrected chi connectivity index (χ1v) is 7.59. The van der Waals surface area contributed by atoms with Crippen LogP contribution in [0.5, 0.6) is 0 Å². The topological polar surface area (TPSA) is 88.3 Å². The van der Waals surface area contributed by atoms with Gasteiger partial charge in [0, 0.05) is 25.7 Å². The number of anilines is 1. The average Bonchev–Trinajstić information content (AvgIpc) is 3.17. The third kappa shape index (κ3) is 3.19. The highest BCUT2D eigenvalue weighted by molar-refractivity contribution is 6.33. The number of halogens is 1. The number of aromatic nitrogens is 2. The van der Waals surface area contributed by atoms with Crippen LogP contribution in [0.3, 0.4) is 0 Å². The molecule has 23 heavy (non-hydrogen) atoms. The smallest absolute Gasteiger partial charge is 0.259 e. The largest absolute Gasteiger partial charge is 0.359 e. The summed E-state index contributed by atoms with van der Waals surface area (Å²) in [6, 6.07) is 5.24. The predicted octanol–water partition coefficient (Wildman–Crippen LogP) is 1.81. The second kappa shape index (κ2) is 6.37. The lowest BCUT2D eigenvalue weighted by Crippen LogP contribution is -2.23. The molecular weight excluding hydrogens is 320 g/mol. The molecule has 0 radical (unpaired) electrons. The molecule has 2 heterocycles. The fraction of sp³-hybridized carbons (Fsp3) is 0.333. The maximum absolute atomic E-state index is 11.9. The average molecular weight is 335 g/mol. The predicted molar refractivity (Wildman–Crippen MR) is 84.1 cm³/mol. The molecule has 120 valence electrons. The van der Waals surface area contributed by atoms with Crippen LogP contribution >= 0.6 is 11.6 Å². The molecule has 0 aliphatic carbocycles. The highest BCUT2D eigenvalue weighted by atomic mass is 35.5. The molecule has 2 aromatic rings. The standard InChI is InChI=1S/C15H15ClN4O3/c1-17-13(21)8-12-18-15(23-19-12)10-7-9(4-5-11(10)16)20-6-2-3-14(20)22/h4-5,7H,2-3,6,8H2,1H3,(H,17,21). The highest BCUT2D eigenvalue weighted by Crippen LogP contribution is 2.32. The molecule has 8 heteroatoms. The minimum absolute atomic E-state index is 0.0297. The SMILES string of the molecule is CNC(=O)Cc1noc(-c2cc(N3CCCC3=O)ccc2Cl)n1. The molecule has 2 amide bonds. The summed E-state index contributed by atoms with van der Waals surface area (Å²) in [5.41, 5.74) is 1.29. The van der Waals surface area contributed by atoms with Crippen LogP contribution in [0.25, 0.3) is 11.5 Å². The van der Waals surface area contributed by atoms with Crippen LogP contribution in [0.15, 0.2) is 22.7 Å². The van der Waals surface area contributed by atoms with E-state index < -0.39 is 0 Å². The van der Waals surface area contributed by atoms with E-state index in [4.69, 9.17) is 16.1 Å². The third-order valence-electron chi connectivity index (χ3n) is 3.63. The van der Waals surface area contributed by atoms with Crippen LogP contribution < -0.4 is 10.2 Å². The summed E-state index contributed by atoms with van der Waals surface area (Å²) in [7, 11) is 1.54. The Bertz CT molecular complexity index is 759. The van der Waals surface area contributed by atoms with E-state index in [9.17, 15) is 9.59 Å². The Labute approximate surface area is 137 Å². The Balaban J connectivity index is 1.90. The van der Waals surface area contributed by atoms with E-state index in [1.807, 2.05) is 0 Å². The van der Waals surface area contributed by atoms with Crippen LogP contribution in [0.4, 0.5) is 5.69 Å². The molecule has 1 N–H and O–H groups in total. The number of hydrogen-bond donors (Lipinski definition) is 1. The van der Waals surface area contributed by atoms with Gasteiger partial charge in [0.25, 0.3) is 5.89 Å². The molecule has 1 aliphatic heterocycles. The summed E-state index contributed by atoms with van der Waals surface area (Å²) in [4.78, 5) is 29.1. The Kier molecular flexibility index (Phi) is 4.29. The van der Waals surface area contributed by atoms with Gasteiger partial charge in [0.15, 0.2) is 5.82 Å². The third-order valence-corrected chi connectivity index (χ3v) is 3.96. The second-order valence-electron chi connectivity index (χ2n) is 5.18. The van der Waals surface area contributed by atoms with Crippen molar-refractivity contribution in [3.63, 3.8) is 0 Å². The molecule has 1 aliphatic rings. The number of nitrogens with zero attached hydrogens (tertiary/aromatic N) is 3. The van der Waals surface area contributed by atoms with Crippen molar-refractivity contribution in [1.82, 2.24) is 15.5 Å². The fourth-order valence-electron chi connectivity index (χ4n) is 2.43. The summed E-state index contributed by atoms with van der Waals surface area (Å²) >= 11 is 6.21. The van der Waals surface area contributed by atoms with Crippen LogP contribution in [0.2, 0.25) is 5.02 Å². The minimum atomic E-state index is -0.208. The van der Waals surface area contributed by atoms with E-state index in [0.717, 1.165) is 12.1 Å². The first kappa shape index (κ1) is 15.5. The van der Waals surface area contributed by atoms with Gasteiger partial charge in [-0.3, -0.25) is 9.59 Å². The summed E-state index contributed by atoms with van der Waals surface area (Å²) in [5.74, 6) is 0.379. The van der Waals surface area contributed by atoms with Crippen molar-refractivity contribution >= 4 is 29.1 Å². The summed E-state index contributed by atoms with van der Waals surface area (Å²) in [6.45, 7) is 0.686. The van der Waals surface area contributed by atoms with E-state index in [1.54, 1.807) is 23.1 Å². The maximum atomic E-state index is 11.9. The second-order valence-corrected chi connectivity index (χ2v) is 5.59. The van der Waals surface area contributed by atoms with Gasteiger partial charge in [-0.15, -0.1) is 0 Å². The van der Waals surface area contributed by atoms with Gasteiger partial charge in [0.05, 0.1) is 17.0 Å². The van der Waals surface area contributed by atoms with Gasteiger partial charge in [0.2, 0.25) is 11.8 Å². The van der Waals surface area contributed by atoms with Crippen molar-refractivity contribution in [1.29, 1.82) is 0 Å². The van der Waals surface area contributed by atoms with Crippen molar-refractivity contribution in [2.24, 2.45) is 0 Å². The van der Waals surface area contributed by atoms with E-state index in [-0.39, 0.29) is 30.0 Å². The first-order valence-electron chi connectivity index (χ1n) is 7.22. The van der Waals surface area contributed by atoms with Gasteiger partial charge in [-0.2, -0.15) is 4.98 Å². The first-order chi connectivity index (χ1) is 11.1. The van der Waals surface area contributed by atoms with E-state index in [1.165, 1.54) is 7.05 Å². The molecule has 1 aromatic heterocycles. The van der Waals surface area contributed by atoms with Crippen LogP contribution in [0.1, 0.15) is 18.7 Å². The number of nitrogens with one attached hydrogen (secondary N) is 1. The zero-order valence-electron chi connectivity index (χ0n) is 12.5. The van der Waals surface area contributed by atoms with Gasteiger partial charge < -0.3 is 14.7 Å². The molecule has 0 saturated carbocycles. The molecule has 0 spiro atoms. The van der Waals surface area contributed by atoms with Crippen LogP contribution in [0, 0.1) is 0 Å². The molecule has 1 fully saturated rings. The zero-order valence-corrected chi connectivity index (χ0v) is 13.3. The lowest BCUT2D eigenvalue weighted by Gasteiger charge is -2.16. The van der Waals surface area contributed by atoms with Gasteiger partial charge in [-0.25, -0.2) is 0 Å². The lowest BCUT2D eigenvalue weighted by atomic mass is 10.2. The van der Waals surface area contributed by atoms with Gasteiger partial charge >= 0.3 is 0 Å². The van der Waals surface area contributed by atoms with Crippen molar-refractivity contribution in [2.45, 2.75) is 19.3 Å². The quantitative estimate of drug-likeness (QED) is 0.921. The summed E-state index contributed by atoms with van der Waals surface area (Å²) in [6.07, 6.45) is 1.42. The maximum Gasteiger partial charge on any atom is 0.259 e. The number of hydrogen-bond acceptors (Lipinski definition) is 5. The number of likely N-dealkylation sites (N-methyl/N-ethyl adjacent to an activating group) is 1. The number of amides is 2. The molecule has 7 nitrogen and oxygen atoms in total. The van der Waals surface area contributed by atoms with E-state index in [2.05, 4.69) is 15.5 Å². The van der Waals surface area contributed by atoms with E-state index in [0.29, 0.717) is 23.6 Å². The van der Waals surface area contributed by atoms with Crippen molar-refractivity contribution in [2.75, 3.05) is 18.5 Å². The monoisotopic (exact) mass is 334 g/mol. The Morgan fingerprint density at radius 1 is 1.48 bits per heavy atom. The van der Waals surface area contributed by atoms with Crippen LogP contribution in [-0.2, 0) is 16.0 Å². The van der Waals surface area contributed by atoms with Gasteiger partial charge in [0.1, 0.15) is 0 Å².